The summed E-state index contributed by atoms with van der Waals surface area (Å²) in [5.74, 6) is 1.99. The molecule has 0 aromatic rings. The van der Waals surface area contributed by atoms with E-state index in [1.54, 1.807) is 0 Å². The third-order valence-electron chi connectivity index (χ3n) is 2.29. The fourth-order valence-corrected chi connectivity index (χ4v) is 1.57. The lowest BCUT2D eigenvalue weighted by Crippen LogP contribution is -2.21. The summed E-state index contributed by atoms with van der Waals surface area (Å²) in [5, 5.41) is 0. The lowest BCUT2D eigenvalue weighted by atomic mass is 10.4. The minimum Gasteiger partial charge on any atom is -0.303 e. The highest BCUT2D eigenvalue weighted by atomic mass is 15.2. The fourth-order valence-electron chi connectivity index (χ4n) is 1.57. The van der Waals surface area contributed by atoms with E-state index in [0.717, 1.165) is 11.8 Å². The predicted molar refractivity (Wildman–Crippen MR) is 33.4 cm³/mol. The number of fused-ring (bicyclic) bond motifs is 1. The second kappa shape index (κ2) is 1.47. The molecule has 0 N–H and O–H groups in total. The van der Waals surface area contributed by atoms with Gasteiger partial charge in [-0.3, -0.25) is 0 Å². The first-order valence-corrected chi connectivity index (χ1v) is 3.47. The molecule has 0 aromatic carbocycles. The molecule has 2 rings (SSSR count). The third kappa shape index (κ3) is 0.576. The van der Waals surface area contributed by atoms with Crippen molar-refractivity contribution in [2.45, 2.75) is 6.92 Å². The molecule has 1 nitrogen and oxygen atoms in total. The summed E-state index contributed by atoms with van der Waals surface area (Å²) in [4.78, 5) is 2.52. The largest absolute Gasteiger partial charge is 0.303 e. The van der Waals surface area contributed by atoms with Gasteiger partial charge < -0.3 is 4.90 Å². The van der Waals surface area contributed by atoms with Gasteiger partial charge in [-0.15, -0.1) is 0 Å². The van der Waals surface area contributed by atoms with Crippen molar-refractivity contribution in [1.29, 1.82) is 0 Å². The summed E-state index contributed by atoms with van der Waals surface area (Å²) >= 11 is 0. The Labute approximate surface area is 50.7 Å². The average Bonchev–Trinajstić information content (AvgIpc) is 2.40. The minimum absolute atomic E-state index is 0.995. The number of hydrogen-bond donors (Lipinski definition) is 0. The van der Waals surface area contributed by atoms with Crippen LogP contribution in [0.15, 0.2) is 0 Å². The van der Waals surface area contributed by atoms with Crippen molar-refractivity contribution in [3.8, 4) is 0 Å². The lowest BCUT2D eigenvalue weighted by Gasteiger charge is -2.12. The van der Waals surface area contributed by atoms with Crippen molar-refractivity contribution < 1.29 is 0 Å². The fraction of sp³-hybridized carbons (Fsp3) is 0.857. The molecule has 0 amide bonds. The van der Waals surface area contributed by atoms with Crippen molar-refractivity contribution >= 4 is 0 Å². The van der Waals surface area contributed by atoms with Crippen LogP contribution in [-0.2, 0) is 0 Å². The summed E-state index contributed by atoms with van der Waals surface area (Å²) in [6.07, 6.45) is 2.46. The van der Waals surface area contributed by atoms with Gasteiger partial charge in [0.25, 0.3) is 0 Å². The number of hydrogen-bond acceptors (Lipinski definition) is 1. The van der Waals surface area contributed by atoms with Gasteiger partial charge in [-0.25, -0.2) is 0 Å². The molecule has 1 heteroatoms. The van der Waals surface area contributed by atoms with Gasteiger partial charge in [0.2, 0.25) is 0 Å². The zero-order valence-electron chi connectivity index (χ0n) is 5.30. The molecule has 1 radical (unpaired) electrons. The highest BCUT2D eigenvalue weighted by molar-refractivity contribution is 5.12. The number of likely N-dealkylation sites (tertiary alicyclic amines) is 1. The first kappa shape index (κ1) is 4.80. The van der Waals surface area contributed by atoms with E-state index in [0.29, 0.717) is 0 Å². The number of piperidine rings is 1. The molecule has 2 unspecified atom stereocenters. The minimum atomic E-state index is 0.995. The molecule has 1 aliphatic carbocycles. The van der Waals surface area contributed by atoms with Crippen LogP contribution in [0.25, 0.3) is 0 Å². The zero-order chi connectivity index (χ0) is 5.56. The third-order valence-corrected chi connectivity index (χ3v) is 2.29. The van der Waals surface area contributed by atoms with Crippen LogP contribution < -0.4 is 0 Å². The first-order valence-electron chi connectivity index (χ1n) is 3.47. The van der Waals surface area contributed by atoms with E-state index in [9.17, 15) is 0 Å². The molecule has 1 saturated carbocycles. The molecule has 0 bridgehead atoms. The van der Waals surface area contributed by atoms with Crippen LogP contribution in [0.4, 0.5) is 0 Å². The molecule has 0 aromatic heterocycles. The van der Waals surface area contributed by atoms with Gasteiger partial charge in [0.15, 0.2) is 0 Å². The van der Waals surface area contributed by atoms with E-state index in [4.69, 9.17) is 0 Å². The Hall–Kier alpha value is -0.0400. The van der Waals surface area contributed by atoms with Crippen LogP contribution in [0.3, 0.4) is 0 Å². The van der Waals surface area contributed by atoms with Crippen LogP contribution >= 0.6 is 0 Å². The Morgan fingerprint density at radius 2 is 2.12 bits per heavy atom. The van der Waals surface area contributed by atoms with Crippen molar-refractivity contribution in [3.63, 3.8) is 0 Å². The van der Waals surface area contributed by atoms with Crippen LogP contribution in [0.5, 0.6) is 0 Å². The van der Waals surface area contributed by atoms with Crippen molar-refractivity contribution in [1.82, 2.24) is 4.90 Å². The molecule has 1 aliphatic heterocycles. The maximum absolute atomic E-state index is 2.52. The van der Waals surface area contributed by atoms with Gasteiger partial charge in [0, 0.05) is 13.1 Å². The lowest BCUT2D eigenvalue weighted by molar-refractivity contribution is 0.333. The second-order valence-electron chi connectivity index (χ2n) is 2.87. The summed E-state index contributed by atoms with van der Waals surface area (Å²) in [5.41, 5.74) is 0. The van der Waals surface area contributed by atoms with Gasteiger partial charge >= 0.3 is 0 Å². The molecule has 2 fully saturated rings. The standard InChI is InChI=1S/C7H12N/c1-2-8-4-6-3-7(6)5-8/h3,6-7H,2,4-5H2,1H3. The molecule has 8 heavy (non-hydrogen) atoms. The summed E-state index contributed by atoms with van der Waals surface area (Å²) in [7, 11) is 0. The number of rotatable bonds is 1. The topological polar surface area (TPSA) is 3.24 Å². The Morgan fingerprint density at radius 1 is 1.50 bits per heavy atom. The Bertz CT molecular complexity index is 90.6. The van der Waals surface area contributed by atoms with E-state index in [-0.39, 0.29) is 0 Å². The van der Waals surface area contributed by atoms with E-state index in [2.05, 4.69) is 18.2 Å². The Balaban J connectivity index is 1.89. The zero-order valence-corrected chi connectivity index (χ0v) is 5.30. The van der Waals surface area contributed by atoms with E-state index < -0.39 is 0 Å². The monoisotopic (exact) mass is 110 g/mol. The maximum Gasteiger partial charge on any atom is 0.00158 e. The van der Waals surface area contributed by atoms with Gasteiger partial charge in [-0.05, 0) is 24.8 Å². The molecule has 1 heterocycles. The molecule has 0 spiro atoms. The Morgan fingerprint density at radius 3 is 2.50 bits per heavy atom. The summed E-state index contributed by atoms with van der Waals surface area (Å²) in [6, 6.07) is 0. The number of nitrogens with zero attached hydrogens (tertiary/aromatic N) is 1. The average molecular weight is 110 g/mol. The quantitative estimate of drug-likeness (QED) is 0.482. The summed E-state index contributed by atoms with van der Waals surface area (Å²) < 4.78 is 0. The van der Waals surface area contributed by atoms with Crippen LogP contribution in [0, 0.1) is 18.3 Å². The maximum atomic E-state index is 2.52. The van der Waals surface area contributed by atoms with Crippen LogP contribution in [-0.4, -0.2) is 24.5 Å². The molecular formula is C7H12N. The van der Waals surface area contributed by atoms with Crippen LogP contribution in [0.2, 0.25) is 0 Å². The van der Waals surface area contributed by atoms with Crippen molar-refractivity contribution in [2.24, 2.45) is 11.8 Å². The van der Waals surface area contributed by atoms with E-state index >= 15 is 0 Å². The SMILES string of the molecule is CCN1CC2[CH]C2C1. The highest BCUT2D eigenvalue weighted by Gasteiger charge is 2.44. The van der Waals surface area contributed by atoms with E-state index in [1.165, 1.54) is 19.6 Å². The molecule has 45 valence electrons. The molecule has 1 saturated heterocycles. The highest BCUT2D eigenvalue weighted by Crippen LogP contribution is 2.43. The van der Waals surface area contributed by atoms with Gasteiger partial charge in [0.05, 0.1) is 0 Å². The summed E-state index contributed by atoms with van der Waals surface area (Å²) in [6.45, 7) is 6.19. The van der Waals surface area contributed by atoms with Crippen molar-refractivity contribution in [2.75, 3.05) is 19.6 Å². The smallest absolute Gasteiger partial charge is 0.00158 e. The second-order valence-corrected chi connectivity index (χ2v) is 2.87. The predicted octanol–water partition coefficient (Wildman–Crippen LogP) is 0.772. The van der Waals surface area contributed by atoms with Gasteiger partial charge in [-0.1, -0.05) is 6.92 Å². The van der Waals surface area contributed by atoms with Gasteiger partial charge in [0.1, 0.15) is 0 Å². The van der Waals surface area contributed by atoms with Crippen molar-refractivity contribution in [3.05, 3.63) is 6.42 Å². The first-order chi connectivity index (χ1) is 3.90. The van der Waals surface area contributed by atoms with Gasteiger partial charge in [-0.2, -0.15) is 0 Å². The molecule has 2 aliphatic rings. The molecule has 2 atom stereocenters. The van der Waals surface area contributed by atoms with E-state index in [1.807, 2.05) is 0 Å². The Kier molecular flexibility index (Phi) is 0.884. The normalized spacial score (nSPS) is 44.6. The molecular weight excluding hydrogens is 98.1 g/mol. The van der Waals surface area contributed by atoms with Crippen LogP contribution in [0.1, 0.15) is 6.92 Å².